The zero-order valence-corrected chi connectivity index (χ0v) is 46.7. The van der Waals surface area contributed by atoms with Crippen LogP contribution in [0.1, 0.15) is 181 Å². The Balaban J connectivity index is 4.35. The van der Waals surface area contributed by atoms with Crippen LogP contribution in [0.4, 0.5) is 0 Å². The minimum atomic E-state index is -4.66. The van der Waals surface area contributed by atoms with Crippen molar-refractivity contribution in [3.63, 3.8) is 0 Å². The molecule has 0 rings (SSSR count). The van der Waals surface area contributed by atoms with Crippen LogP contribution in [0.2, 0.25) is 0 Å². The molecule has 10 heteroatoms. The van der Waals surface area contributed by atoms with E-state index < -0.39 is 32.5 Å². The third kappa shape index (κ3) is 55.2. The van der Waals surface area contributed by atoms with Crippen LogP contribution in [-0.4, -0.2) is 70.0 Å². The summed E-state index contributed by atoms with van der Waals surface area (Å²) in [5, 5.41) is 0. The van der Waals surface area contributed by atoms with Crippen molar-refractivity contribution in [1.29, 1.82) is 0 Å². The Labute approximate surface area is 440 Å². The van der Waals surface area contributed by atoms with Crippen molar-refractivity contribution in [3.05, 3.63) is 146 Å². The number of hydrogen-bond acceptors (Lipinski definition) is 8. The predicted molar refractivity (Wildman–Crippen MR) is 304 cm³/mol. The summed E-state index contributed by atoms with van der Waals surface area (Å²) in [6.07, 6.45) is 75.9. The number of phosphoric acid groups is 1. The number of unbranched alkanes of at least 4 members (excludes halogenated alkanes) is 10. The minimum absolute atomic E-state index is 0.0480. The third-order valence-corrected chi connectivity index (χ3v) is 11.8. The van der Waals surface area contributed by atoms with Crippen molar-refractivity contribution < 1.29 is 42.1 Å². The van der Waals surface area contributed by atoms with E-state index in [-0.39, 0.29) is 26.1 Å². The van der Waals surface area contributed by atoms with Crippen molar-refractivity contribution in [3.8, 4) is 0 Å². The zero-order chi connectivity index (χ0) is 52.7. The maximum Gasteiger partial charge on any atom is 0.306 e. The molecule has 0 aromatic carbocycles. The Kier molecular flexibility index (Phi) is 48.8. The van der Waals surface area contributed by atoms with Gasteiger partial charge in [0.2, 0.25) is 0 Å². The standard InChI is InChI=1S/C62H100NO8P/c1-6-8-10-12-14-16-18-20-22-24-26-28-30-31-33-35-37-39-41-43-45-47-49-51-53-55-62(65)71-60(59-70-72(66,67)69-57-56-63(3,4)5)58-68-61(64)54-52-50-48-46-44-42-40-38-36-34-32-29-27-25-23-21-19-17-15-13-11-9-7-2/h8-11,14-17,20-23,26-29,31,33-34,36-37,39-40,42,60H,6-7,12-13,18-19,24-25,30,32,35,38,41,43-59H2,1-5H3/b10-8-,11-9-,16-14-,17-15-,22-20-,23-21-,28-26-,29-27-,33-31-,36-34-,39-37-,42-40-. The van der Waals surface area contributed by atoms with Crippen molar-refractivity contribution in [2.24, 2.45) is 0 Å². The van der Waals surface area contributed by atoms with Crippen LogP contribution >= 0.6 is 7.82 Å². The summed E-state index contributed by atoms with van der Waals surface area (Å²) in [7, 11) is 1.11. The van der Waals surface area contributed by atoms with E-state index in [1.165, 1.54) is 0 Å². The van der Waals surface area contributed by atoms with E-state index in [0.717, 1.165) is 141 Å². The van der Waals surface area contributed by atoms with Gasteiger partial charge in [0, 0.05) is 12.8 Å². The van der Waals surface area contributed by atoms with Gasteiger partial charge in [-0.25, -0.2) is 0 Å². The number of allylic oxidation sites excluding steroid dienone is 24. The highest BCUT2D eigenvalue weighted by atomic mass is 31.2. The van der Waals surface area contributed by atoms with E-state index in [1.54, 1.807) is 0 Å². The van der Waals surface area contributed by atoms with Gasteiger partial charge in [-0.3, -0.25) is 14.2 Å². The van der Waals surface area contributed by atoms with Crippen LogP contribution in [-0.2, 0) is 32.7 Å². The first-order valence-electron chi connectivity index (χ1n) is 27.5. The number of phosphoric ester groups is 1. The lowest BCUT2D eigenvalue weighted by atomic mass is 10.1. The van der Waals surface area contributed by atoms with Crippen molar-refractivity contribution in [2.45, 2.75) is 187 Å². The molecule has 0 fully saturated rings. The van der Waals surface area contributed by atoms with Crippen LogP contribution < -0.4 is 4.89 Å². The molecule has 9 nitrogen and oxygen atoms in total. The van der Waals surface area contributed by atoms with Crippen LogP contribution in [0.3, 0.4) is 0 Å². The van der Waals surface area contributed by atoms with Gasteiger partial charge in [0.1, 0.15) is 19.8 Å². The number of carbonyl (C=O) groups is 2. The summed E-state index contributed by atoms with van der Waals surface area (Å²) in [6.45, 7) is 3.93. The molecule has 406 valence electrons. The number of rotatable bonds is 48. The predicted octanol–water partition coefficient (Wildman–Crippen LogP) is 16.5. The number of esters is 2. The Morgan fingerprint density at radius 2 is 0.750 bits per heavy atom. The SMILES string of the molecule is CC/C=C\C/C=C\C/C=C\C/C=C\C/C=C\C/C=C\CCCCCCCCC(=O)OC(COC(=O)CCCCCC/C=C\C/C=C\C/C=C\C/C=C\C/C=C\C/C=C\CC)COP(=O)([O-])OCC[N+](C)(C)C. The molecule has 0 spiro atoms. The Morgan fingerprint density at radius 1 is 0.431 bits per heavy atom. The van der Waals surface area contributed by atoms with Gasteiger partial charge < -0.3 is 27.9 Å². The second-order valence-electron chi connectivity index (χ2n) is 18.8. The maximum absolute atomic E-state index is 12.8. The minimum Gasteiger partial charge on any atom is -0.756 e. The summed E-state index contributed by atoms with van der Waals surface area (Å²) in [4.78, 5) is 37.8. The molecule has 0 aromatic heterocycles. The lowest BCUT2D eigenvalue weighted by Gasteiger charge is -2.28. The van der Waals surface area contributed by atoms with Gasteiger partial charge >= 0.3 is 11.9 Å². The lowest BCUT2D eigenvalue weighted by molar-refractivity contribution is -0.870. The molecule has 2 unspecified atom stereocenters. The molecule has 0 N–H and O–H groups in total. The van der Waals surface area contributed by atoms with Gasteiger partial charge in [-0.1, -0.05) is 198 Å². The Hall–Kier alpha value is -4.11. The highest BCUT2D eigenvalue weighted by Crippen LogP contribution is 2.38. The first-order valence-corrected chi connectivity index (χ1v) is 29.0. The average Bonchev–Trinajstić information content (AvgIpc) is 3.34. The number of likely N-dealkylation sites (N-methyl/N-ethyl adjacent to an activating group) is 1. The molecule has 0 aliphatic carbocycles. The first-order chi connectivity index (χ1) is 35.0. The number of nitrogens with zero attached hydrogens (tertiary/aromatic N) is 1. The van der Waals surface area contributed by atoms with Gasteiger partial charge in [-0.05, 0) is 116 Å². The molecule has 0 aliphatic rings. The molecule has 0 bridgehead atoms. The van der Waals surface area contributed by atoms with Gasteiger partial charge in [0.25, 0.3) is 7.82 Å². The van der Waals surface area contributed by atoms with E-state index >= 15 is 0 Å². The summed E-state index contributed by atoms with van der Waals surface area (Å²) in [5.74, 6) is -0.894. The van der Waals surface area contributed by atoms with Gasteiger partial charge in [0.15, 0.2) is 6.10 Å². The second kappa shape index (κ2) is 51.8. The summed E-state index contributed by atoms with van der Waals surface area (Å²) < 4.78 is 34.1. The average molecular weight is 1020 g/mol. The van der Waals surface area contributed by atoms with Crippen LogP contribution in [0.15, 0.2) is 146 Å². The van der Waals surface area contributed by atoms with E-state index in [4.69, 9.17) is 18.5 Å². The van der Waals surface area contributed by atoms with E-state index in [2.05, 4.69) is 160 Å². The molecular weight excluding hydrogens is 918 g/mol. The molecule has 0 aliphatic heterocycles. The van der Waals surface area contributed by atoms with Crippen LogP contribution in [0.25, 0.3) is 0 Å². The summed E-state index contributed by atoms with van der Waals surface area (Å²) >= 11 is 0. The van der Waals surface area contributed by atoms with Crippen LogP contribution in [0.5, 0.6) is 0 Å². The molecule has 0 amide bonds. The summed E-state index contributed by atoms with van der Waals surface area (Å²) in [6, 6.07) is 0. The monoisotopic (exact) mass is 1020 g/mol. The lowest BCUT2D eigenvalue weighted by Crippen LogP contribution is -2.37. The molecule has 2 atom stereocenters. The molecule has 0 radical (unpaired) electrons. The third-order valence-electron chi connectivity index (χ3n) is 10.9. The Morgan fingerprint density at radius 3 is 1.11 bits per heavy atom. The Bertz CT molecular complexity index is 1720. The topological polar surface area (TPSA) is 111 Å². The molecule has 0 aromatic rings. The number of carbonyl (C=O) groups excluding carboxylic acids is 2. The van der Waals surface area contributed by atoms with Crippen molar-refractivity contribution in [1.82, 2.24) is 0 Å². The fourth-order valence-corrected chi connectivity index (χ4v) is 7.39. The molecule has 72 heavy (non-hydrogen) atoms. The quantitative estimate of drug-likeness (QED) is 0.0195. The highest BCUT2D eigenvalue weighted by Gasteiger charge is 2.21. The fourth-order valence-electron chi connectivity index (χ4n) is 6.66. The fraction of sp³-hybridized carbons (Fsp3) is 0.581. The first kappa shape index (κ1) is 67.9. The number of ether oxygens (including phenoxy) is 2. The number of hydrogen-bond donors (Lipinski definition) is 0. The molecule has 0 saturated heterocycles. The van der Waals surface area contributed by atoms with Gasteiger partial charge in [0.05, 0.1) is 27.7 Å². The van der Waals surface area contributed by atoms with E-state index in [9.17, 15) is 19.0 Å². The van der Waals surface area contributed by atoms with Crippen molar-refractivity contribution in [2.75, 3.05) is 47.5 Å². The van der Waals surface area contributed by atoms with Gasteiger partial charge in [-0.2, -0.15) is 0 Å². The van der Waals surface area contributed by atoms with Gasteiger partial charge in [-0.15, -0.1) is 0 Å². The zero-order valence-electron chi connectivity index (χ0n) is 45.8. The van der Waals surface area contributed by atoms with E-state index in [0.29, 0.717) is 23.9 Å². The smallest absolute Gasteiger partial charge is 0.306 e. The largest absolute Gasteiger partial charge is 0.756 e. The van der Waals surface area contributed by atoms with Crippen molar-refractivity contribution >= 4 is 19.8 Å². The van der Waals surface area contributed by atoms with E-state index in [1.807, 2.05) is 21.1 Å². The van der Waals surface area contributed by atoms with Crippen LogP contribution in [0, 0.1) is 0 Å². The molecular formula is C62H100NO8P. The normalized spacial score (nSPS) is 14.5. The summed E-state index contributed by atoms with van der Waals surface area (Å²) in [5.41, 5.74) is 0. The molecule has 0 saturated carbocycles. The molecule has 0 heterocycles. The maximum atomic E-state index is 12.8. The highest BCUT2D eigenvalue weighted by molar-refractivity contribution is 7.45. The second-order valence-corrected chi connectivity index (χ2v) is 20.2. The number of quaternary nitrogens is 1.